The van der Waals surface area contributed by atoms with Gasteiger partial charge in [0.1, 0.15) is 0 Å². The van der Waals surface area contributed by atoms with Crippen LogP contribution in [0.15, 0.2) is 0 Å². The fourth-order valence-electron chi connectivity index (χ4n) is 1.61. The molecule has 1 unspecified atom stereocenters. The Balaban J connectivity index is 2.17. The average Bonchev–Trinajstić information content (AvgIpc) is 2.09. The molecular formula is C10H20O2. The molecule has 1 N–H and O–H groups in total. The topological polar surface area (TPSA) is 29.5 Å². The summed E-state index contributed by atoms with van der Waals surface area (Å²) in [6, 6.07) is 0. The van der Waals surface area contributed by atoms with Gasteiger partial charge in [-0.1, -0.05) is 6.92 Å². The van der Waals surface area contributed by atoms with Crippen molar-refractivity contribution in [1.82, 2.24) is 0 Å². The number of aliphatic hydroxyl groups excluding tert-OH is 1. The second kappa shape index (κ2) is 4.83. The monoisotopic (exact) mass is 172 g/mol. The van der Waals surface area contributed by atoms with Gasteiger partial charge < -0.3 is 9.84 Å². The minimum absolute atomic E-state index is 0.0678. The predicted molar refractivity (Wildman–Crippen MR) is 49.1 cm³/mol. The molecule has 1 atom stereocenters. The Morgan fingerprint density at radius 3 is 2.42 bits per heavy atom. The second-order valence-corrected chi connectivity index (χ2v) is 3.79. The first kappa shape index (κ1) is 10.0. The van der Waals surface area contributed by atoms with Gasteiger partial charge in [0, 0.05) is 0 Å². The summed E-state index contributed by atoms with van der Waals surface area (Å²) < 4.78 is 5.78. The summed E-state index contributed by atoms with van der Waals surface area (Å²) in [6.45, 7) is 4.26. The van der Waals surface area contributed by atoms with Crippen LogP contribution in [0, 0.1) is 0 Å². The molecule has 1 rings (SSSR count). The zero-order chi connectivity index (χ0) is 8.97. The first-order valence-electron chi connectivity index (χ1n) is 5.06. The summed E-state index contributed by atoms with van der Waals surface area (Å²) in [7, 11) is 0. The lowest BCUT2D eigenvalue weighted by Crippen LogP contribution is -2.27. The van der Waals surface area contributed by atoms with Crippen molar-refractivity contribution in [2.75, 3.05) is 0 Å². The SMILES string of the molecule is CCC(C)OC1CCC(O)CC1. The fourth-order valence-corrected chi connectivity index (χ4v) is 1.61. The Morgan fingerprint density at radius 2 is 1.92 bits per heavy atom. The van der Waals surface area contributed by atoms with Crippen LogP contribution >= 0.6 is 0 Å². The standard InChI is InChI=1S/C10H20O2/c1-3-8(2)12-10-6-4-9(11)5-7-10/h8-11H,3-7H2,1-2H3. The van der Waals surface area contributed by atoms with Crippen LogP contribution in [0.3, 0.4) is 0 Å². The molecule has 0 saturated heterocycles. The molecule has 0 aromatic heterocycles. The normalized spacial score (nSPS) is 33.2. The molecular weight excluding hydrogens is 152 g/mol. The number of aliphatic hydroxyl groups is 1. The van der Waals surface area contributed by atoms with E-state index in [-0.39, 0.29) is 6.10 Å². The van der Waals surface area contributed by atoms with E-state index in [0.717, 1.165) is 32.1 Å². The van der Waals surface area contributed by atoms with Crippen molar-refractivity contribution in [1.29, 1.82) is 0 Å². The van der Waals surface area contributed by atoms with Gasteiger partial charge in [0.05, 0.1) is 18.3 Å². The van der Waals surface area contributed by atoms with Gasteiger partial charge in [0.15, 0.2) is 0 Å². The van der Waals surface area contributed by atoms with Crippen molar-refractivity contribution in [3.05, 3.63) is 0 Å². The Labute approximate surface area is 74.9 Å². The predicted octanol–water partition coefficient (Wildman–Crippen LogP) is 2.10. The molecule has 0 heterocycles. The Bertz CT molecular complexity index is 117. The third-order valence-electron chi connectivity index (χ3n) is 2.64. The summed E-state index contributed by atoms with van der Waals surface area (Å²) in [6.07, 6.45) is 5.70. The van der Waals surface area contributed by atoms with E-state index in [9.17, 15) is 5.11 Å². The zero-order valence-electron chi connectivity index (χ0n) is 8.12. The van der Waals surface area contributed by atoms with Crippen molar-refractivity contribution in [2.45, 2.75) is 64.3 Å². The van der Waals surface area contributed by atoms with Gasteiger partial charge in [0.2, 0.25) is 0 Å². The van der Waals surface area contributed by atoms with Crippen molar-refractivity contribution in [3.8, 4) is 0 Å². The molecule has 12 heavy (non-hydrogen) atoms. The highest BCUT2D eigenvalue weighted by Crippen LogP contribution is 2.22. The van der Waals surface area contributed by atoms with Gasteiger partial charge in [-0.05, 0) is 39.0 Å². The number of rotatable bonds is 3. The highest BCUT2D eigenvalue weighted by Gasteiger charge is 2.20. The van der Waals surface area contributed by atoms with Crippen molar-refractivity contribution in [3.63, 3.8) is 0 Å². The van der Waals surface area contributed by atoms with E-state index >= 15 is 0 Å². The third-order valence-corrected chi connectivity index (χ3v) is 2.64. The van der Waals surface area contributed by atoms with Crippen LogP contribution in [0.25, 0.3) is 0 Å². The molecule has 0 bridgehead atoms. The smallest absolute Gasteiger partial charge is 0.0580 e. The van der Waals surface area contributed by atoms with Crippen LogP contribution in [-0.2, 0) is 4.74 Å². The van der Waals surface area contributed by atoms with Crippen LogP contribution in [-0.4, -0.2) is 23.4 Å². The van der Waals surface area contributed by atoms with Gasteiger partial charge in [0.25, 0.3) is 0 Å². The van der Waals surface area contributed by atoms with E-state index in [0.29, 0.717) is 12.2 Å². The molecule has 0 aliphatic heterocycles. The summed E-state index contributed by atoms with van der Waals surface area (Å²) >= 11 is 0. The Kier molecular flexibility index (Phi) is 4.02. The first-order valence-corrected chi connectivity index (χ1v) is 5.06. The van der Waals surface area contributed by atoms with Crippen molar-refractivity contribution < 1.29 is 9.84 Å². The van der Waals surface area contributed by atoms with Crippen LogP contribution in [0.4, 0.5) is 0 Å². The highest BCUT2D eigenvalue weighted by molar-refractivity contribution is 4.72. The van der Waals surface area contributed by atoms with E-state index in [1.165, 1.54) is 0 Å². The summed E-state index contributed by atoms with van der Waals surface area (Å²) in [5.74, 6) is 0. The molecule has 2 nitrogen and oxygen atoms in total. The molecule has 1 fully saturated rings. The van der Waals surface area contributed by atoms with E-state index in [1.807, 2.05) is 0 Å². The van der Waals surface area contributed by atoms with Gasteiger partial charge in [-0.2, -0.15) is 0 Å². The maximum atomic E-state index is 9.26. The Hall–Kier alpha value is -0.0800. The number of hydrogen-bond donors (Lipinski definition) is 1. The minimum atomic E-state index is -0.0678. The largest absolute Gasteiger partial charge is 0.393 e. The second-order valence-electron chi connectivity index (χ2n) is 3.79. The lowest BCUT2D eigenvalue weighted by molar-refractivity contribution is -0.0415. The minimum Gasteiger partial charge on any atom is -0.393 e. The maximum absolute atomic E-state index is 9.26. The molecule has 1 aliphatic rings. The van der Waals surface area contributed by atoms with E-state index in [2.05, 4.69) is 13.8 Å². The summed E-state index contributed by atoms with van der Waals surface area (Å²) in [4.78, 5) is 0. The van der Waals surface area contributed by atoms with Crippen LogP contribution in [0.5, 0.6) is 0 Å². The van der Waals surface area contributed by atoms with Crippen LogP contribution in [0.2, 0.25) is 0 Å². The van der Waals surface area contributed by atoms with Crippen molar-refractivity contribution >= 4 is 0 Å². The molecule has 0 amide bonds. The number of hydrogen-bond acceptors (Lipinski definition) is 2. The van der Waals surface area contributed by atoms with Gasteiger partial charge >= 0.3 is 0 Å². The molecule has 0 aromatic carbocycles. The van der Waals surface area contributed by atoms with Crippen molar-refractivity contribution in [2.24, 2.45) is 0 Å². The quantitative estimate of drug-likeness (QED) is 0.706. The Morgan fingerprint density at radius 1 is 1.33 bits per heavy atom. The van der Waals surface area contributed by atoms with Gasteiger partial charge in [-0.15, -0.1) is 0 Å². The maximum Gasteiger partial charge on any atom is 0.0580 e. The molecule has 0 radical (unpaired) electrons. The average molecular weight is 172 g/mol. The summed E-state index contributed by atoms with van der Waals surface area (Å²) in [5.41, 5.74) is 0. The van der Waals surface area contributed by atoms with Crippen LogP contribution in [0.1, 0.15) is 46.0 Å². The molecule has 0 spiro atoms. The lowest BCUT2D eigenvalue weighted by Gasteiger charge is -2.27. The van der Waals surface area contributed by atoms with E-state index < -0.39 is 0 Å². The molecule has 2 heteroatoms. The molecule has 0 aromatic rings. The number of ether oxygens (including phenoxy) is 1. The van der Waals surface area contributed by atoms with E-state index in [4.69, 9.17) is 4.74 Å². The van der Waals surface area contributed by atoms with Gasteiger partial charge in [-0.3, -0.25) is 0 Å². The molecule has 1 saturated carbocycles. The highest BCUT2D eigenvalue weighted by atomic mass is 16.5. The van der Waals surface area contributed by atoms with E-state index in [1.54, 1.807) is 0 Å². The first-order chi connectivity index (χ1) is 5.72. The summed E-state index contributed by atoms with van der Waals surface area (Å²) in [5, 5.41) is 9.26. The third kappa shape index (κ3) is 3.11. The fraction of sp³-hybridized carbons (Fsp3) is 1.00. The zero-order valence-corrected chi connectivity index (χ0v) is 8.12. The lowest BCUT2D eigenvalue weighted by atomic mass is 9.95. The van der Waals surface area contributed by atoms with Crippen LogP contribution < -0.4 is 0 Å². The molecule has 72 valence electrons. The van der Waals surface area contributed by atoms with Gasteiger partial charge in [-0.25, -0.2) is 0 Å². The molecule has 1 aliphatic carbocycles.